The van der Waals surface area contributed by atoms with E-state index in [1.54, 1.807) is 32.4 Å². The van der Waals surface area contributed by atoms with Crippen molar-refractivity contribution in [1.29, 1.82) is 0 Å². The number of aromatic amines is 1. The Hall–Kier alpha value is -2.43. The Labute approximate surface area is 103 Å². The highest BCUT2D eigenvalue weighted by atomic mass is 16.5. The fourth-order valence-electron chi connectivity index (χ4n) is 1.60. The Morgan fingerprint density at radius 1 is 1.28 bits per heavy atom. The Morgan fingerprint density at radius 3 is 2.56 bits per heavy atom. The zero-order valence-electron chi connectivity index (χ0n) is 10.1. The molecule has 1 aromatic heterocycles. The molecule has 5 heteroatoms. The third kappa shape index (κ3) is 2.15. The summed E-state index contributed by atoms with van der Waals surface area (Å²) in [6, 6.07) is 5.35. The van der Waals surface area contributed by atoms with Crippen LogP contribution in [0.5, 0.6) is 11.5 Å². The molecule has 0 saturated carbocycles. The molecule has 1 heterocycles. The van der Waals surface area contributed by atoms with Gasteiger partial charge in [-0.2, -0.15) is 0 Å². The lowest BCUT2D eigenvalue weighted by Gasteiger charge is -2.07. The molecular weight excluding hydrogens is 234 g/mol. The quantitative estimate of drug-likeness (QED) is 0.843. The molecule has 94 valence electrons. The minimum atomic E-state index is -0.449. The molecule has 0 aliphatic heterocycles. The number of H-pyrrole nitrogens is 1. The van der Waals surface area contributed by atoms with Gasteiger partial charge in [-0.25, -0.2) is 9.95 Å². The maximum atomic E-state index is 11.4. The van der Waals surface area contributed by atoms with Crippen LogP contribution in [0.4, 0.5) is 0 Å². The average Bonchev–Trinajstić information content (AvgIpc) is 2.70. The number of aromatic nitrogens is 1. The number of nitrogens with one attached hydrogen (secondary N) is 1. The first-order valence-corrected chi connectivity index (χ1v) is 5.26. The third-order valence-electron chi connectivity index (χ3n) is 2.53. The SMILES string of the molecule is C=c1[nH]oc(=O)c1=Cc1ccc(OC)c(OC)c1. The van der Waals surface area contributed by atoms with Gasteiger partial charge in [0.2, 0.25) is 0 Å². The molecule has 18 heavy (non-hydrogen) atoms. The second-order valence-corrected chi connectivity index (χ2v) is 3.64. The van der Waals surface area contributed by atoms with Gasteiger partial charge >= 0.3 is 5.63 Å². The van der Waals surface area contributed by atoms with Crippen molar-refractivity contribution in [3.05, 3.63) is 44.8 Å². The van der Waals surface area contributed by atoms with Crippen LogP contribution in [0, 0.1) is 0 Å². The van der Waals surface area contributed by atoms with Crippen LogP contribution in [0.25, 0.3) is 12.7 Å². The number of methoxy groups -OCH3 is 2. The standard InChI is InChI=1S/C13H13NO4/c1-8-10(13(15)18-14-8)6-9-4-5-11(16-2)12(7-9)17-3/h4-7,14H,1H2,2-3H3. The van der Waals surface area contributed by atoms with Gasteiger partial charge in [0.1, 0.15) is 0 Å². The van der Waals surface area contributed by atoms with E-state index < -0.39 is 5.63 Å². The molecule has 0 spiro atoms. The molecule has 0 fully saturated rings. The summed E-state index contributed by atoms with van der Waals surface area (Å²) in [5.74, 6) is 1.22. The summed E-state index contributed by atoms with van der Waals surface area (Å²) in [5, 5.41) is 3.25. The number of rotatable bonds is 3. The minimum absolute atomic E-state index is 0.391. The molecular formula is C13H13NO4. The molecule has 5 nitrogen and oxygen atoms in total. The van der Waals surface area contributed by atoms with Gasteiger partial charge in [0.05, 0.1) is 24.8 Å². The maximum Gasteiger partial charge on any atom is 0.365 e. The van der Waals surface area contributed by atoms with Crippen LogP contribution in [-0.4, -0.2) is 19.4 Å². The van der Waals surface area contributed by atoms with E-state index in [0.29, 0.717) is 22.1 Å². The van der Waals surface area contributed by atoms with Gasteiger partial charge in [-0.1, -0.05) is 12.6 Å². The highest BCUT2D eigenvalue weighted by molar-refractivity contribution is 5.55. The molecule has 1 aromatic carbocycles. The summed E-state index contributed by atoms with van der Waals surface area (Å²) < 4.78 is 15.0. The van der Waals surface area contributed by atoms with Gasteiger partial charge < -0.3 is 14.0 Å². The van der Waals surface area contributed by atoms with Crippen molar-refractivity contribution in [3.63, 3.8) is 0 Å². The lowest BCUT2D eigenvalue weighted by atomic mass is 10.1. The lowest BCUT2D eigenvalue weighted by molar-refractivity contribution is 0.355. The smallest absolute Gasteiger partial charge is 0.365 e. The largest absolute Gasteiger partial charge is 0.493 e. The van der Waals surface area contributed by atoms with Gasteiger partial charge in [0.25, 0.3) is 0 Å². The first-order chi connectivity index (χ1) is 8.65. The molecule has 0 aliphatic rings. The number of benzene rings is 1. The fourth-order valence-corrected chi connectivity index (χ4v) is 1.60. The number of ether oxygens (including phenoxy) is 2. The molecule has 2 aromatic rings. The van der Waals surface area contributed by atoms with Crippen LogP contribution in [0.1, 0.15) is 5.56 Å². The van der Waals surface area contributed by atoms with Crippen LogP contribution >= 0.6 is 0 Å². The first kappa shape index (κ1) is 12.0. The summed E-state index contributed by atoms with van der Waals surface area (Å²) in [6.07, 6.45) is 1.67. The Balaban J connectivity index is 2.58. The predicted molar refractivity (Wildman–Crippen MR) is 67.2 cm³/mol. The highest BCUT2D eigenvalue weighted by Crippen LogP contribution is 2.27. The van der Waals surface area contributed by atoms with Gasteiger partial charge in [-0.15, -0.1) is 0 Å². The van der Waals surface area contributed by atoms with E-state index >= 15 is 0 Å². The zero-order chi connectivity index (χ0) is 13.1. The van der Waals surface area contributed by atoms with Gasteiger partial charge in [0.15, 0.2) is 11.5 Å². The monoisotopic (exact) mass is 247 g/mol. The van der Waals surface area contributed by atoms with Crippen LogP contribution in [-0.2, 0) is 0 Å². The van der Waals surface area contributed by atoms with Crippen LogP contribution in [0.2, 0.25) is 0 Å². The number of hydrogen-bond donors (Lipinski definition) is 1. The molecule has 2 rings (SSSR count). The fraction of sp³-hybridized carbons (Fsp3) is 0.154. The lowest BCUT2D eigenvalue weighted by Crippen LogP contribution is -2.31. The second-order valence-electron chi connectivity index (χ2n) is 3.64. The Kier molecular flexibility index (Phi) is 3.23. The topological polar surface area (TPSA) is 64.5 Å². The predicted octanol–water partition coefficient (Wildman–Crippen LogP) is 0.224. The summed E-state index contributed by atoms with van der Waals surface area (Å²) in [4.78, 5) is 11.4. The van der Waals surface area contributed by atoms with E-state index in [0.717, 1.165) is 5.56 Å². The zero-order valence-corrected chi connectivity index (χ0v) is 10.1. The molecule has 0 unspecified atom stereocenters. The van der Waals surface area contributed by atoms with Crippen molar-refractivity contribution >= 4 is 12.7 Å². The first-order valence-electron chi connectivity index (χ1n) is 5.26. The highest BCUT2D eigenvalue weighted by Gasteiger charge is 2.03. The van der Waals surface area contributed by atoms with Gasteiger partial charge in [-0.05, 0) is 23.8 Å². The molecule has 1 N–H and O–H groups in total. The minimum Gasteiger partial charge on any atom is -0.493 e. The van der Waals surface area contributed by atoms with Gasteiger partial charge in [0, 0.05) is 0 Å². The van der Waals surface area contributed by atoms with Crippen molar-refractivity contribution in [2.45, 2.75) is 0 Å². The van der Waals surface area contributed by atoms with Crippen LogP contribution < -0.4 is 25.7 Å². The van der Waals surface area contributed by atoms with E-state index in [-0.39, 0.29) is 0 Å². The Bertz CT molecular complexity index is 681. The molecule has 0 amide bonds. The third-order valence-corrected chi connectivity index (χ3v) is 2.53. The second kappa shape index (κ2) is 4.83. The molecule has 0 radical (unpaired) electrons. The van der Waals surface area contributed by atoms with Crippen molar-refractivity contribution in [1.82, 2.24) is 5.16 Å². The van der Waals surface area contributed by atoms with Crippen LogP contribution in [0.3, 0.4) is 0 Å². The normalized spacial score (nSPS) is 11.6. The van der Waals surface area contributed by atoms with E-state index in [1.807, 2.05) is 6.07 Å². The summed E-state index contributed by atoms with van der Waals surface area (Å²) in [7, 11) is 3.12. The summed E-state index contributed by atoms with van der Waals surface area (Å²) in [6.45, 7) is 3.68. The molecule has 0 bridgehead atoms. The van der Waals surface area contributed by atoms with E-state index in [1.165, 1.54) is 0 Å². The van der Waals surface area contributed by atoms with E-state index in [2.05, 4.69) is 16.3 Å². The maximum absolute atomic E-state index is 11.4. The summed E-state index contributed by atoms with van der Waals surface area (Å²) in [5.41, 5.74) is 0.347. The van der Waals surface area contributed by atoms with E-state index in [4.69, 9.17) is 9.47 Å². The number of hydrogen-bond acceptors (Lipinski definition) is 4. The van der Waals surface area contributed by atoms with Crippen molar-refractivity contribution in [3.8, 4) is 11.5 Å². The Morgan fingerprint density at radius 2 is 2.00 bits per heavy atom. The van der Waals surface area contributed by atoms with Crippen LogP contribution in [0.15, 0.2) is 27.5 Å². The van der Waals surface area contributed by atoms with Crippen molar-refractivity contribution in [2.75, 3.05) is 14.2 Å². The van der Waals surface area contributed by atoms with E-state index in [9.17, 15) is 4.79 Å². The average molecular weight is 247 g/mol. The van der Waals surface area contributed by atoms with Crippen molar-refractivity contribution < 1.29 is 14.0 Å². The molecule has 0 atom stereocenters. The molecule has 0 aliphatic carbocycles. The molecule has 0 saturated heterocycles. The van der Waals surface area contributed by atoms with Gasteiger partial charge in [-0.3, -0.25) is 0 Å². The summed E-state index contributed by atoms with van der Waals surface area (Å²) >= 11 is 0. The van der Waals surface area contributed by atoms with Crippen molar-refractivity contribution in [2.24, 2.45) is 0 Å².